The summed E-state index contributed by atoms with van der Waals surface area (Å²) < 4.78 is 0. The Balaban J connectivity index is 1.37. The number of ketones is 2. The van der Waals surface area contributed by atoms with E-state index in [4.69, 9.17) is 4.99 Å². The Morgan fingerprint density at radius 2 is 1.26 bits per heavy atom. The van der Waals surface area contributed by atoms with E-state index in [0.29, 0.717) is 16.3 Å². The number of hydrogen-bond acceptors (Lipinski definition) is 4. The maximum absolute atomic E-state index is 14.1. The van der Waals surface area contributed by atoms with Gasteiger partial charge in [-0.15, -0.1) is 0 Å². The Labute approximate surface area is 269 Å². The third-order valence-electron chi connectivity index (χ3n) is 9.90. The number of allylic oxidation sites excluding steroid dienone is 1. The van der Waals surface area contributed by atoms with Crippen LogP contribution in [0.5, 0.6) is 0 Å². The molecule has 1 aliphatic carbocycles. The van der Waals surface area contributed by atoms with Crippen molar-refractivity contribution in [1.29, 1.82) is 0 Å². The molecule has 2 heterocycles. The molecule has 0 N–H and O–H groups in total. The van der Waals surface area contributed by atoms with Gasteiger partial charge in [0.25, 0.3) is 0 Å². The lowest BCUT2D eigenvalue weighted by Gasteiger charge is -2.53. The van der Waals surface area contributed by atoms with Crippen LogP contribution in [0.25, 0.3) is 11.3 Å². The first kappa shape index (κ1) is 28.1. The van der Waals surface area contributed by atoms with Crippen LogP contribution in [0.15, 0.2) is 151 Å². The number of rotatable bonds is 6. The van der Waals surface area contributed by atoms with Crippen molar-refractivity contribution >= 4 is 28.5 Å². The zero-order valence-electron chi connectivity index (χ0n) is 25.6. The summed E-state index contributed by atoms with van der Waals surface area (Å²) in [6.45, 7) is 0. The Bertz CT molecular complexity index is 2040. The first-order chi connectivity index (χ1) is 22.6. The second-order valence-electron chi connectivity index (χ2n) is 12.5. The summed E-state index contributed by atoms with van der Waals surface area (Å²) in [5.74, 6) is -0.0633. The second kappa shape index (κ2) is 11.5. The second-order valence-corrected chi connectivity index (χ2v) is 12.5. The van der Waals surface area contributed by atoms with Gasteiger partial charge in [0, 0.05) is 28.7 Å². The molecule has 1 saturated carbocycles. The minimum absolute atomic E-state index is 0.172. The third kappa shape index (κ3) is 4.64. The lowest BCUT2D eigenvalue weighted by atomic mass is 9.66. The van der Waals surface area contributed by atoms with Gasteiger partial charge in [-0.3, -0.25) is 14.6 Å². The first-order valence-electron chi connectivity index (χ1n) is 16.2. The molecule has 2 aliphatic heterocycles. The topological polar surface area (TPSA) is 49.7 Å². The lowest BCUT2D eigenvalue weighted by molar-refractivity contribution is 0.0997. The van der Waals surface area contributed by atoms with Gasteiger partial charge < -0.3 is 4.90 Å². The summed E-state index contributed by atoms with van der Waals surface area (Å²) in [5.41, 5.74) is 5.21. The van der Waals surface area contributed by atoms with E-state index in [0.717, 1.165) is 41.6 Å². The van der Waals surface area contributed by atoms with Crippen LogP contribution >= 0.6 is 0 Å². The van der Waals surface area contributed by atoms with Crippen molar-refractivity contribution in [3.8, 4) is 0 Å². The van der Waals surface area contributed by atoms with E-state index in [2.05, 4.69) is 65.6 Å². The van der Waals surface area contributed by atoms with Crippen LogP contribution < -0.4 is 15.5 Å². The molecule has 0 aromatic heterocycles. The summed E-state index contributed by atoms with van der Waals surface area (Å²) in [6.07, 6.45) is 6.72. The van der Waals surface area contributed by atoms with Gasteiger partial charge in [0.2, 0.25) is 0 Å². The highest BCUT2D eigenvalue weighted by Gasteiger charge is 2.55. The van der Waals surface area contributed by atoms with Gasteiger partial charge in [-0.2, -0.15) is 0 Å². The van der Waals surface area contributed by atoms with E-state index >= 15 is 0 Å². The Kier molecular flexibility index (Phi) is 7.06. The number of Topliss-reactive ketones (excluding diaryl/α,β-unsaturated/α-hetero) is 2. The molecular weight excluding hydrogens is 564 g/mol. The van der Waals surface area contributed by atoms with Crippen LogP contribution in [0.1, 0.15) is 63.4 Å². The van der Waals surface area contributed by atoms with Gasteiger partial charge in [0.05, 0.1) is 16.6 Å². The van der Waals surface area contributed by atoms with Gasteiger partial charge >= 0.3 is 0 Å². The molecule has 224 valence electrons. The molecule has 3 aliphatic rings. The van der Waals surface area contributed by atoms with Crippen LogP contribution in [0, 0.1) is 5.92 Å². The minimum atomic E-state index is -0.452. The van der Waals surface area contributed by atoms with Crippen molar-refractivity contribution in [2.45, 2.75) is 37.3 Å². The summed E-state index contributed by atoms with van der Waals surface area (Å²) >= 11 is 0. The SMILES string of the molecule is O=C(C(C(=O)c1ccccc1)=c1ccc2c(c1)N1C(c3ccccc3)=C[C@H](c3ccccc3)[C@H]3CCCC[C@]31N=2)c1ccccc1. The summed E-state index contributed by atoms with van der Waals surface area (Å²) in [6, 6.07) is 45.5. The number of hydrogen-bond donors (Lipinski definition) is 0. The van der Waals surface area contributed by atoms with Crippen LogP contribution in [0.4, 0.5) is 5.69 Å². The van der Waals surface area contributed by atoms with E-state index in [1.165, 1.54) is 12.0 Å². The maximum atomic E-state index is 14.1. The summed E-state index contributed by atoms with van der Waals surface area (Å²) in [5, 5.41) is 1.52. The molecule has 1 fully saturated rings. The molecule has 5 aromatic carbocycles. The van der Waals surface area contributed by atoms with Crippen molar-refractivity contribution in [3.05, 3.63) is 178 Å². The number of carbonyl (C=O) groups excluding carboxylic acids is 2. The molecule has 0 radical (unpaired) electrons. The molecule has 8 rings (SSSR count). The number of carbonyl (C=O) groups is 2. The average molecular weight is 599 g/mol. The lowest BCUT2D eigenvalue weighted by Crippen LogP contribution is -2.55. The molecule has 5 aromatic rings. The maximum Gasteiger partial charge on any atom is 0.197 e. The smallest absolute Gasteiger partial charge is 0.197 e. The molecule has 0 unspecified atom stereocenters. The molecule has 1 spiro atoms. The van der Waals surface area contributed by atoms with E-state index in [9.17, 15) is 9.59 Å². The van der Waals surface area contributed by atoms with Gasteiger partial charge in [0.15, 0.2) is 11.6 Å². The molecule has 0 saturated heterocycles. The number of anilines is 1. The van der Waals surface area contributed by atoms with E-state index in [1.54, 1.807) is 24.3 Å². The van der Waals surface area contributed by atoms with E-state index < -0.39 is 5.66 Å². The van der Waals surface area contributed by atoms with Crippen LogP contribution in [0.3, 0.4) is 0 Å². The van der Waals surface area contributed by atoms with Crippen LogP contribution in [0.2, 0.25) is 0 Å². The van der Waals surface area contributed by atoms with Crippen molar-refractivity contribution < 1.29 is 9.59 Å². The van der Waals surface area contributed by atoms with Gasteiger partial charge in [-0.05, 0) is 47.7 Å². The monoisotopic (exact) mass is 598 g/mol. The highest BCUT2D eigenvalue weighted by molar-refractivity contribution is 6.49. The quantitative estimate of drug-likeness (QED) is 0.148. The molecule has 46 heavy (non-hydrogen) atoms. The number of nitrogens with zero attached hydrogens (tertiary/aromatic N) is 2. The first-order valence-corrected chi connectivity index (χ1v) is 16.2. The Hall–Kier alpha value is -5.35. The fourth-order valence-corrected chi connectivity index (χ4v) is 7.84. The van der Waals surface area contributed by atoms with Crippen LogP contribution in [-0.4, -0.2) is 17.2 Å². The third-order valence-corrected chi connectivity index (χ3v) is 9.90. The number of fused-ring (bicyclic) bond motifs is 2. The van der Waals surface area contributed by atoms with Crippen molar-refractivity contribution in [2.75, 3.05) is 4.90 Å². The van der Waals surface area contributed by atoms with Gasteiger partial charge in [-0.1, -0.05) is 140 Å². The van der Waals surface area contributed by atoms with Crippen LogP contribution in [-0.2, 0) is 0 Å². The molecule has 0 bridgehead atoms. The zero-order chi connectivity index (χ0) is 31.1. The fourth-order valence-electron chi connectivity index (χ4n) is 7.84. The summed E-state index contributed by atoms with van der Waals surface area (Å²) in [4.78, 5) is 36.3. The van der Waals surface area contributed by atoms with E-state index in [-0.39, 0.29) is 29.0 Å². The van der Waals surface area contributed by atoms with Gasteiger partial charge in [0.1, 0.15) is 5.66 Å². The van der Waals surface area contributed by atoms with Crippen molar-refractivity contribution in [1.82, 2.24) is 0 Å². The summed E-state index contributed by atoms with van der Waals surface area (Å²) in [7, 11) is 0. The van der Waals surface area contributed by atoms with Gasteiger partial charge in [-0.25, -0.2) is 0 Å². The fraction of sp³-hybridized carbons (Fsp3) is 0.167. The predicted octanol–water partition coefficient (Wildman–Crippen LogP) is 7.77. The average Bonchev–Trinajstić information content (AvgIpc) is 3.45. The standard InChI is InChI=1S/C42H34N2O2/c45-40(31-19-9-3-10-20-31)39(41(46)32-21-11-4-12-22-32)33-24-25-36-38(27-33)44-37(30-17-7-2-8-18-30)28-34(29-15-5-1-6-16-29)35-23-13-14-26-42(35,44)43-36/h1-12,15-22,24-25,27-28,34-35H,13-14,23,26H2/t34-,35-,42-/m1/s1. The molecule has 3 atom stereocenters. The highest BCUT2D eigenvalue weighted by Crippen LogP contribution is 2.55. The van der Waals surface area contributed by atoms with E-state index in [1.807, 2.05) is 60.7 Å². The molecular formula is C42H34N2O2. The number of benzene rings is 5. The molecule has 4 nitrogen and oxygen atoms in total. The van der Waals surface area contributed by atoms with Crippen molar-refractivity contribution in [3.63, 3.8) is 0 Å². The molecule has 0 amide bonds. The predicted molar refractivity (Wildman–Crippen MR) is 183 cm³/mol. The van der Waals surface area contributed by atoms with Crippen molar-refractivity contribution in [2.24, 2.45) is 10.9 Å². The largest absolute Gasteiger partial charge is 0.314 e. The Morgan fingerprint density at radius 3 is 1.89 bits per heavy atom. The normalized spacial score (nSPS) is 21.2. The zero-order valence-corrected chi connectivity index (χ0v) is 25.6. The minimum Gasteiger partial charge on any atom is -0.314 e. The molecule has 4 heteroatoms. The Morgan fingerprint density at radius 1 is 0.674 bits per heavy atom. The highest BCUT2D eigenvalue weighted by atomic mass is 16.1.